The van der Waals surface area contributed by atoms with Crippen molar-refractivity contribution in [3.8, 4) is 0 Å². The number of hydrogen-bond acceptors (Lipinski definition) is 4. The molecule has 0 saturated heterocycles. The Morgan fingerprint density at radius 1 is 1.06 bits per heavy atom. The van der Waals surface area contributed by atoms with E-state index in [0.717, 1.165) is 23.9 Å². The lowest BCUT2D eigenvalue weighted by Gasteiger charge is -2.30. The van der Waals surface area contributed by atoms with Crippen molar-refractivity contribution in [3.63, 3.8) is 0 Å². The summed E-state index contributed by atoms with van der Waals surface area (Å²) >= 11 is 1.05. The van der Waals surface area contributed by atoms with Gasteiger partial charge in [-0.15, -0.1) is 0 Å². The molecule has 0 aliphatic carbocycles. The van der Waals surface area contributed by atoms with E-state index < -0.39 is 34.8 Å². The fourth-order valence-corrected chi connectivity index (χ4v) is 3.97. The number of rotatable bonds is 8. The highest BCUT2D eigenvalue weighted by Gasteiger charge is 2.30. The first-order valence-corrected chi connectivity index (χ1v) is 11.3. The first kappa shape index (κ1) is 27.0. The number of aryl methyl sites for hydroxylation is 1. The molecule has 0 spiro atoms. The minimum Gasteiger partial charge on any atom is -0.444 e. The highest BCUT2D eigenvalue weighted by atomic mass is 32.2. The molecule has 1 amide bonds. The summed E-state index contributed by atoms with van der Waals surface area (Å²) in [4.78, 5) is 12.9. The van der Waals surface area contributed by atoms with Crippen molar-refractivity contribution >= 4 is 17.9 Å². The molecular weight excluding hydrogens is 458 g/mol. The van der Waals surface area contributed by atoms with Gasteiger partial charge in [0, 0.05) is 9.79 Å². The van der Waals surface area contributed by atoms with Crippen LogP contribution >= 0.6 is 11.8 Å². The van der Waals surface area contributed by atoms with Gasteiger partial charge in [-0.1, -0.05) is 23.9 Å². The molecule has 1 unspecified atom stereocenters. The molecule has 9 heteroatoms. The molecule has 0 saturated carbocycles. The number of hydrogen-bond donors (Lipinski definition) is 2. The zero-order valence-corrected chi connectivity index (χ0v) is 19.9. The fraction of sp³-hybridized carbons (Fsp3) is 0.458. The summed E-state index contributed by atoms with van der Waals surface area (Å²) in [6.07, 6.45) is -3.83. The van der Waals surface area contributed by atoms with Gasteiger partial charge >= 0.3 is 12.3 Å². The van der Waals surface area contributed by atoms with E-state index in [1.165, 1.54) is 12.1 Å². The fourth-order valence-electron chi connectivity index (χ4n) is 3.07. The van der Waals surface area contributed by atoms with Gasteiger partial charge in [-0.2, -0.15) is 13.2 Å². The van der Waals surface area contributed by atoms with E-state index >= 15 is 0 Å². The number of aliphatic hydroxyl groups is 1. The summed E-state index contributed by atoms with van der Waals surface area (Å²) < 4.78 is 58.4. The number of aliphatic hydroxyl groups excluding tert-OH is 1. The average Bonchev–Trinajstić information content (AvgIpc) is 2.67. The third-order valence-electron chi connectivity index (χ3n) is 4.75. The number of halogens is 4. The molecule has 2 aromatic carbocycles. The number of alkyl halides is 3. The molecule has 33 heavy (non-hydrogen) atoms. The standard InChI is InChI=1S/C24H29F4NO3S/c1-22(2,3)32-21(31)29-23(4,15-30)12-6-7-16-10-11-19(14-20(16)25)33-18-9-5-8-17(13-18)24(26,27)28/h5,8-11,13-14,30H,6-7,12,15H2,1-4H3,(H,29,31). The van der Waals surface area contributed by atoms with Crippen LogP contribution < -0.4 is 5.32 Å². The van der Waals surface area contributed by atoms with Gasteiger partial charge in [0.15, 0.2) is 0 Å². The van der Waals surface area contributed by atoms with Gasteiger partial charge in [0.2, 0.25) is 0 Å². The van der Waals surface area contributed by atoms with Gasteiger partial charge in [-0.25, -0.2) is 9.18 Å². The number of carbonyl (C=O) groups is 1. The van der Waals surface area contributed by atoms with Crippen LogP contribution in [0.25, 0.3) is 0 Å². The number of benzene rings is 2. The highest BCUT2D eigenvalue weighted by molar-refractivity contribution is 7.99. The van der Waals surface area contributed by atoms with Crippen LogP contribution in [0.15, 0.2) is 52.3 Å². The van der Waals surface area contributed by atoms with Crippen molar-refractivity contribution in [2.45, 2.75) is 74.1 Å². The first-order valence-electron chi connectivity index (χ1n) is 10.5. The SMILES string of the molecule is CC(CO)(CCCc1ccc(Sc2cccc(C(F)(F)F)c2)cc1F)NC(=O)OC(C)(C)C. The van der Waals surface area contributed by atoms with E-state index in [-0.39, 0.29) is 6.61 Å². The average molecular weight is 488 g/mol. The van der Waals surface area contributed by atoms with Crippen LogP contribution in [0.4, 0.5) is 22.4 Å². The smallest absolute Gasteiger partial charge is 0.416 e. The van der Waals surface area contributed by atoms with Crippen molar-refractivity contribution in [2.24, 2.45) is 0 Å². The van der Waals surface area contributed by atoms with E-state index in [2.05, 4.69) is 5.32 Å². The number of carbonyl (C=O) groups excluding carboxylic acids is 1. The van der Waals surface area contributed by atoms with Crippen molar-refractivity contribution in [2.75, 3.05) is 6.61 Å². The van der Waals surface area contributed by atoms with E-state index in [9.17, 15) is 27.5 Å². The zero-order valence-electron chi connectivity index (χ0n) is 19.1. The molecule has 182 valence electrons. The number of alkyl carbamates (subject to hydrolysis) is 1. The van der Waals surface area contributed by atoms with E-state index in [1.54, 1.807) is 45.9 Å². The minimum absolute atomic E-state index is 0.304. The van der Waals surface area contributed by atoms with Gasteiger partial charge in [-0.3, -0.25) is 0 Å². The van der Waals surface area contributed by atoms with Crippen LogP contribution in [0.2, 0.25) is 0 Å². The number of nitrogens with one attached hydrogen (secondary N) is 1. The second-order valence-corrected chi connectivity index (χ2v) is 10.2. The summed E-state index contributed by atoms with van der Waals surface area (Å²) in [5.74, 6) is -0.460. The minimum atomic E-state index is -4.44. The predicted octanol–water partition coefficient (Wildman–Crippen LogP) is 6.59. The largest absolute Gasteiger partial charge is 0.444 e. The Bertz CT molecular complexity index is 959. The lowest BCUT2D eigenvalue weighted by molar-refractivity contribution is -0.137. The number of amides is 1. The Morgan fingerprint density at radius 3 is 2.30 bits per heavy atom. The van der Waals surface area contributed by atoms with Crippen LogP contribution in [0, 0.1) is 5.82 Å². The topological polar surface area (TPSA) is 58.6 Å². The summed E-state index contributed by atoms with van der Waals surface area (Å²) in [6.45, 7) is 6.59. The van der Waals surface area contributed by atoms with E-state index in [0.29, 0.717) is 34.6 Å². The number of ether oxygens (including phenoxy) is 1. The molecule has 0 bridgehead atoms. The molecule has 0 aliphatic heterocycles. The van der Waals surface area contributed by atoms with Gasteiger partial charge < -0.3 is 15.2 Å². The normalized spacial score (nSPS) is 14.0. The molecular formula is C24H29F4NO3S. The molecule has 4 nitrogen and oxygen atoms in total. The lowest BCUT2D eigenvalue weighted by atomic mass is 9.94. The highest BCUT2D eigenvalue weighted by Crippen LogP contribution is 2.35. The summed E-state index contributed by atoms with van der Waals surface area (Å²) in [5.41, 5.74) is -1.90. The zero-order chi connectivity index (χ0) is 24.9. The van der Waals surface area contributed by atoms with Crippen LogP contribution in [-0.2, 0) is 17.3 Å². The maximum absolute atomic E-state index is 14.6. The first-order chi connectivity index (χ1) is 15.2. The predicted molar refractivity (Wildman–Crippen MR) is 120 cm³/mol. The van der Waals surface area contributed by atoms with Gasteiger partial charge in [0.1, 0.15) is 11.4 Å². The van der Waals surface area contributed by atoms with Gasteiger partial charge in [0.25, 0.3) is 0 Å². The quantitative estimate of drug-likeness (QED) is 0.412. The van der Waals surface area contributed by atoms with Crippen molar-refractivity contribution < 1.29 is 32.2 Å². The monoisotopic (exact) mass is 487 g/mol. The molecule has 0 heterocycles. The van der Waals surface area contributed by atoms with Gasteiger partial charge in [0.05, 0.1) is 17.7 Å². The van der Waals surface area contributed by atoms with Crippen LogP contribution in [-0.4, -0.2) is 28.9 Å². The second-order valence-electron chi connectivity index (χ2n) is 9.08. The summed E-state index contributed by atoms with van der Waals surface area (Å²) in [7, 11) is 0. The van der Waals surface area contributed by atoms with E-state index in [4.69, 9.17) is 4.74 Å². The maximum atomic E-state index is 14.6. The molecule has 2 aromatic rings. The van der Waals surface area contributed by atoms with Crippen LogP contribution in [0.5, 0.6) is 0 Å². The van der Waals surface area contributed by atoms with E-state index in [1.807, 2.05) is 0 Å². The Morgan fingerprint density at radius 2 is 1.73 bits per heavy atom. The molecule has 2 N–H and O–H groups in total. The van der Waals surface area contributed by atoms with Crippen molar-refractivity contribution in [1.82, 2.24) is 5.32 Å². The summed E-state index contributed by atoms with van der Waals surface area (Å²) in [6, 6.07) is 9.44. The van der Waals surface area contributed by atoms with Crippen molar-refractivity contribution in [3.05, 3.63) is 59.4 Å². The Kier molecular flexibility index (Phi) is 8.81. The Hall–Kier alpha value is -2.26. The molecule has 0 aromatic heterocycles. The molecule has 1 atom stereocenters. The molecule has 2 rings (SSSR count). The lowest BCUT2D eigenvalue weighted by Crippen LogP contribution is -2.50. The van der Waals surface area contributed by atoms with Crippen molar-refractivity contribution in [1.29, 1.82) is 0 Å². The third kappa shape index (κ3) is 8.89. The molecule has 0 fully saturated rings. The maximum Gasteiger partial charge on any atom is 0.416 e. The Labute approximate surface area is 195 Å². The second kappa shape index (κ2) is 10.8. The third-order valence-corrected chi connectivity index (χ3v) is 5.73. The van der Waals surface area contributed by atoms with Crippen LogP contribution in [0.1, 0.15) is 51.7 Å². The van der Waals surface area contributed by atoms with Crippen LogP contribution in [0.3, 0.4) is 0 Å². The molecule has 0 aliphatic rings. The van der Waals surface area contributed by atoms with Gasteiger partial charge in [-0.05, 0) is 82.9 Å². The Balaban J connectivity index is 1.97. The summed E-state index contributed by atoms with van der Waals surface area (Å²) in [5, 5.41) is 12.4. The molecule has 0 radical (unpaired) electrons.